The summed E-state index contributed by atoms with van der Waals surface area (Å²) in [7, 11) is 0. The molecular formula is C44H64N2O4. The van der Waals surface area contributed by atoms with E-state index in [2.05, 4.69) is 39.8 Å². The first-order valence-electron chi connectivity index (χ1n) is 19.5. The van der Waals surface area contributed by atoms with Gasteiger partial charge < -0.3 is 18.9 Å². The molecule has 50 heavy (non-hydrogen) atoms. The second kappa shape index (κ2) is 26.0. The Hall–Kier alpha value is -3.90. The minimum absolute atomic E-state index is 0.434. The van der Waals surface area contributed by atoms with Crippen molar-refractivity contribution in [1.29, 1.82) is 10.5 Å². The van der Waals surface area contributed by atoms with Gasteiger partial charge in [0.15, 0.2) is 0 Å². The number of nitriles is 2. The maximum Gasteiger partial charge on any atom is 0.128 e. The van der Waals surface area contributed by atoms with E-state index in [1.807, 2.05) is 44.2 Å². The molecule has 0 saturated heterocycles. The molecule has 0 radical (unpaired) electrons. The van der Waals surface area contributed by atoms with Gasteiger partial charge in [0, 0.05) is 16.7 Å². The molecule has 0 N–H and O–H groups in total. The Morgan fingerprint density at radius 1 is 0.520 bits per heavy atom. The van der Waals surface area contributed by atoms with Gasteiger partial charge in [-0.1, -0.05) is 111 Å². The van der Waals surface area contributed by atoms with E-state index in [-0.39, 0.29) is 0 Å². The zero-order valence-corrected chi connectivity index (χ0v) is 32.1. The zero-order valence-electron chi connectivity index (χ0n) is 32.1. The maximum absolute atomic E-state index is 10.7. The summed E-state index contributed by atoms with van der Waals surface area (Å²) in [6, 6.07) is 12.6. The van der Waals surface area contributed by atoms with Gasteiger partial charge in [0.1, 0.15) is 23.0 Å². The maximum atomic E-state index is 10.7. The van der Waals surface area contributed by atoms with E-state index in [9.17, 15) is 10.5 Å². The number of benzene rings is 2. The Morgan fingerprint density at radius 3 is 1.32 bits per heavy atom. The van der Waals surface area contributed by atoms with E-state index >= 15 is 0 Å². The standard InChI is InChI=1S/C44H64N2O4/c1-7-12-16-20-24-47-41-30-37(42(28-35(41)6)48-25-21-17-13-8-2)29-38(34-46)40-32-43(49-26-22-18-14-9-3)39(36(11-5)33-45)31-44(40)50-27-23-19-15-10-4/h11,28-32H,7-10,12-27H2,1-6H3. The summed E-state index contributed by atoms with van der Waals surface area (Å²) < 4.78 is 25.4. The third kappa shape index (κ3) is 14.9. The van der Waals surface area contributed by atoms with Gasteiger partial charge in [0.05, 0.1) is 49.7 Å². The van der Waals surface area contributed by atoms with Crippen LogP contribution in [0, 0.1) is 29.6 Å². The summed E-state index contributed by atoms with van der Waals surface area (Å²) in [6.07, 6.45) is 21.2. The molecule has 0 unspecified atom stereocenters. The SMILES string of the molecule is CC=C(C#N)c1cc(OCCCCCC)c(C(C#N)=Cc2cc(OCCCCCC)c(C)cc2OCCCCCC)cc1OCCCCCC. The molecule has 0 aliphatic heterocycles. The molecule has 0 fully saturated rings. The Labute approximate surface area is 304 Å². The second-order valence-electron chi connectivity index (χ2n) is 13.1. The van der Waals surface area contributed by atoms with Gasteiger partial charge in [0.25, 0.3) is 0 Å². The normalized spacial score (nSPS) is 11.6. The molecule has 0 aromatic heterocycles. The average molecular weight is 685 g/mol. The van der Waals surface area contributed by atoms with Crippen LogP contribution in [0.25, 0.3) is 17.2 Å². The van der Waals surface area contributed by atoms with Gasteiger partial charge in [-0.2, -0.15) is 10.5 Å². The smallest absolute Gasteiger partial charge is 0.128 e. The van der Waals surface area contributed by atoms with Gasteiger partial charge in [-0.15, -0.1) is 0 Å². The molecule has 2 rings (SSSR count). The van der Waals surface area contributed by atoms with Crippen LogP contribution >= 0.6 is 0 Å². The van der Waals surface area contributed by atoms with Crippen molar-refractivity contribution < 1.29 is 18.9 Å². The second-order valence-corrected chi connectivity index (χ2v) is 13.1. The fourth-order valence-corrected chi connectivity index (χ4v) is 5.74. The zero-order chi connectivity index (χ0) is 36.4. The van der Waals surface area contributed by atoms with Gasteiger partial charge in [-0.3, -0.25) is 0 Å². The van der Waals surface area contributed by atoms with Crippen LogP contribution in [0.1, 0.15) is 160 Å². The van der Waals surface area contributed by atoms with E-state index in [1.54, 1.807) is 6.08 Å². The number of hydrogen-bond donors (Lipinski definition) is 0. The lowest BCUT2D eigenvalue weighted by molar-refractivity contribution is 0.295. The van der Waals surface area contributed by atoms with Crippen molar-refractivity contribution in [2.45, 2.75) is 144 Å². The van der Waals surface area contributed by atoms with Crippen LogP contribution in [-0.4, -0.2) is 26.4 Å². The molecule has 0 spiro atoms. The predicted molar refractivity (Wildman–Crippen MR) is 209 cm³/mol. The molecule has 2 aromatic carbocycles. The number of rotatable bonds is 27. The Morgan fingerprint density at radius 2 is 0.920 bits per heavy atom. The minimum Gasteiger partial charge on any atom is -0.493 e. The number of nitrogens with zero attached hydrogens (tertiary/aromatic N) is 2. The highest BCUT2D eigenvalue weighted by Gasteiger charge is 2.20. The largest absolute Gasteiger partial charge is 0.493 e. The van der Waals surface area contributed by atoms with E-state index in [4.69, 9.17) is 18.9 Å². The van der Waals surface area contributed by atoms with E-state index in [0.29, 0.717) is 60.2 Å². The quantitative estimate of drug-likeness (QED) is 0.0529. The molecule has 0 atom stereocenters. The molecule has 0 bridgehead atoms. The highest BCUT2D eigenvalue weighted by molar-refractivity contribution is 5.94. The van der Waals surface area contributed by atoms with Crippen LogP contribution in [-0.2, 0) is 0 Å². The van der Waals surface area contributed by atoms with E-state index in [1.165, 1.54) is 25.7 Å². The van der Waals surface area contributed by atoms with Gasteiger partial charge in [-0.05, 0) is 75.4 Å². The minimum atomic E-state index is 0.434. The van der Waals surface area contributed by atoms with Crippen LogP contribution in [0.4, 0.5) is 0 Å². The summed E-state index contributed by atoms with van der Waals surface area (Å²) >= 11 is 0. The van der Waals surface area contributed by atoms with Crippen LogP contribution in [0.2, 0.25) is 0 Å². The number of unbranched alkanes of at least 4 members (excludes halogenated alkanes) is 12. The number of allylic oxidation sites excluding steroid dienone is 3. The summed E-state index contributed by atoms with van der Waals surface area (Å²) in [5, 5.41) is 20.7. The van der Waals surface area contributed by atoms with Crippen molar-refractivity contribution in [3.63, 3.8) is 0 Å². The van der Waals surface area contributed by atoms with E-state index in [0.717, 1.165) is 99.7 Å². The molecule has 6 heteroatoms. The number of aryl methyl sites for hydroxylation is 1. The third-order valence-corrected chi connectivity index (χ3v) is 8.82. The monoisotopic (exact) mass is 684 g/mol. The fraction of sp³-hybridized carbons (Fsp3) is 0.591. The van der Waals surface area contributed by atoms with Crippen LogP contribution in [0.3, 0.4) is 0 Å². The van der Waals surface area contributed by atoms with Crippen molar-refractivity contribution in [1.82, 2.24) is 0 Å². The Kier molecular flexibility index (Phi) is 22.0. The van der Waals surface area contributed by atoms with E-state index < -0.39 is 0 Å². The molecule has 0 aliphatic carbocycles. The van der Waals surface area contributed by atoms with Crippen molar-refractivity contribution in [2.75, 3.05) is 26.4 Å². The fourth-order valence-electron chi connectivity index (χ4n) is 5.74. The summed E-state index contributed by atoms with van der Waals surface area (Å²) in [5.41, 5.74) is 4.06. The van der Waals surface area contributed by atoms with Crippen molar-refractivity contribution in [2.24, 2.45) is 0 Å². The van der Waals surface area contributed by atoms with Crippen LogP contribution in [0.5, 0.6) is 23.0 Å². The van der Waals surface area contributed by atoms with Gasteiger partial charge in [-0.25, -0.2) is 0 Å². The first-order chi connectivity index (χ1) is 24.5. The highest BCUT2D eigenvalue weighted by Crippen LogP contribution is 2.39. The summed E-state index contributed by atoms with van der Waals surface area (Å²) in [6.45, 7) is 15.0. The number of ether oxygens (including phenoxy) is 4. The Balaban J connectivity index is 2.67. The molecule has 0 aliphatic rings. The molecule has 6 nitrogen and oxygen atoms in total. The third-order valence-electron chi connectivity index (χ3n) is 8.82. The topological polar surface area (TPSA) is 84.5 Å². The van der Waals surface area contributed by atoms with Crippen LogP contribution < -0.4 is 18.9 Å². The molecule has 0 saturated carbocycles. The highest BCUT2D eigenvalue weighted by atomic mass is 16.5. The first kappa shape index (κ1) is 42.3. The lowest BCUT2D eigenvalue weighted by Gasteiger charge is -2.18. The van der Waals surface area contributed by atoms with Gasteiger partial charge >= 0.3 is 0 Å². The summed E-state index contributed by atoms with van der Waals surface area (Å²) in [5.74, 6) is 2.68. The van der Waals surface area contributed by atoms with Crippen molar-refractivity contribution in [3.05, 3.63) is 52.6 Å². The van der Waals surface area contributed by atoms with Gasteiger partial charge in [0.2, 0.25) is 0 Å². The van der Waals surface area contributed by atoms with Crippen molar-refractivity contribution >= 4 is 17.2 Å². The molecule has 0 amide bonds. The molecule has 274 valence electrons. The van der Waals surface area contributed by atoms with Crippen molar-refractivity contribution in [3.8, 4) is 35.1 Å². The van der Waals surface area contributed by atoms with Crippen LogP contribution in [0.15, 0.2) is 30.3 Å². The number of hydrogen-bond acceptors (Lipinski definition) is 6. The average Bonchev–Trinajstić information content (AvgIpc) is 3.12. The lowest BCUT2D eigenvalue weighted by atomic mass is 9.96. The molecular weight excluding hydrogens is 620 g/mol. The Bertz CT molecular complexity index is 1410. The molecule has 2 aromatic rings. The first-order valence-corrected chi connectivity index (χ1v) is 19.5. The predicted octanol–water partition coefficient (Wildman–Crippen LogP) is 12.8. The summed E-state index contributed by atoms with van der Waals surface area (Å²) in [4.78, 5) is 0. The lowest BCUT2D eigenvalue weighted by Crippen LogP contribution is -2.05. The molecule has 0 heterocycles.